The second kappa shape index (κ2) is 10.6. The first-order valence-corrected chi connectivity index (χ1v) is 9.81. The summed E-state index contributed by atoms with van der Waals surface area (Å²) in [5.41, 5.74) is 1.86. The average molecular weight is 470 g/mol. The van der Waals surface area contributed by atoms with E-state index in [1.165, 1.54) is 24.3 Å². The van der Waals surface area contributed by atoms with E-state index in [1.807, 2.05) is 0 Å². The number of ether oxygens (including phenoxy) is 1. The number of hydrogen-bond acceptors (Lipinski definition) is 6. The molecule has 0 aliphatic heterocycles. The Kier molecular flexibility index (Phi) is 7.84. The van der Waals surface area contributed by atoms with Gasteiger partial charge in [0.2, 0.25) is 11.7 Å². The second-order valence-corrected chi connectivity index (χ2v) is 7.13. The molecule has 1 heterocycles. The van der Waals surface area contributed by atoms with E-state index in [1.54, 1.807) is 36.4 Å². The standard InChI is InChI=1S/C21H19ClF3N3O4/c1-30-11-10-18(29)28(31-13-15-4-8-17(22)9-5-15)12-14-2-6-16(7-3-14)19-26-20(32-27-19)21(23,24)25/h2-9H,10-13H2,1H3. The van der Waals surface area contributed by atoms with Gasteiger partial charge in [0.1, 0.15) is 6.61 Å². The molecule has 0 fully saturated rings. The van der Waals surface area contributed by atoms with Crippen LogP contribution in [0.5, 0.6) is 0 Å². The summed E-state index contributed by atoms with van der Waals surface area (Å²) in [5, 5.41) is 5.17. The van der Waals surface area contributed by atoms with E-state index in [2.05, 4.69) is 14.7 Å². The van der Waals surface area contributed by atoms with Gasteiger partial charge in [-0.05, 0) is 23.3 Å². The molecule has 7 nitrogen and oxygen atoms in total. The number of hydrogen-bond donors (Lipinski definition) is 0. The van der Waals surface area contributed by atoms with Crippen LogP contribution in [-0.2, 0) is 33.7 Å². The molecule has 3 aromatic rings. The fraction of sp³-hybridized carbons (Fsp3) is 0.286. The number of nitrogens with zero attached hydrogens (tertiary/aromatic N) is 3. The van der Waals surface area contributed by atoms with Gasteiger partial charge in [0.15, 0.2) is 0 Å². The summed E-state index contributed by atoms with van der Waals surface area (Å²) in [7, 11) is 1.49. The van der Waals surface area contributed by atoms with E-state index >= 15 is 0 Å². The highest BCUT2D eigenvalue weighted by Crippen LogP contribution is 2.29. The molecular formula is C21H19ClF3N3O4. The zero-order chi connectivity index (χ0) is 23.1. The molecule has 0 N–H and O–H groups in total. The Morgan fingerprint density at radius 3 is 2.34 bits per heavy atom. The van der Waals surface area contributed by atoms with Crippen LogP contribution in [0.25, 0.3) is 11.4 Å². The molecule has 0 aliphatic carbocycles. The lowest BCUT2D eigenvalue weighted by Gasteiger charge is -2.22. The molecule has 0 unspecified atom stereocenters. The van der Waals surface area contributed by atoms with Crippen molar-refractivity contribution < 1.29 is 32.1 Å². The van der Waals surface area contributed by atoms with Crippen molar-refractivity contribution in [3.05, 3.63) is 70.6 Å². The Bertz CT molecular complexity index is 1020. The van der Waals surface area contributed by atoms with Gasteiger partial charge in [-0.1, -0.05) is 53.2 Å². The molecule has 2 aromatic carbocycles. The third-order valence-corrected chi connectivity index (χ3v) is 4.56. The largest absolute Gasteiger partial charge is 0.471 e. The highest BCUT2D eigenvalue weighted by atomic mass is 35.5. The predicted molar refractivity (Wildman–Crippen MR) is 108 cm³/mol. The third-order valence-electron chi connectivity index (χ3n) is 4.31. The van der Waals surface area contributed by atoms with Gasteiger partial charge in [0.05, 0.1) is 19.6 Å². The minimum atomic E-state index is -4.71. The van der Waals surface area contributed by atoms with E-state index in [0.717, 1.165) is 5.56 Å². The van der Waals surface area contributed by atoms with Crippen molar-refractivity contribution in [3.8, 4) is 11.4 Å². The van der Waals surface area contributed by atoms with Crippen molar-refractivity contribution in [2.75, 3.05) is 13.7 Å². The van der Waals surface area contributed by atoms with E-state index in [9.17, 15) is 18.0 Å². The fourth-order valence-corrected chi connectivity index (χ4v) is 2.76. The molecule has 1 aromatic heterocycles. The van der Waals surface area contributed by atoms with Crippen LogP contribution < -0.4 is 0 Å². The van der Waals surface area contributed by atoms with Crippen LogP contribution in [0.1, 0.15) is 23.4 Å². The highest BCUT2D eigenvalue weighted by molar-refractivity contribution is 6.30. The van der Waals surface area contributed by atoms with Gasteiger partial charge in [-0.25, -0.2) is 5.06 Å². The van der Waals surface area contributed by atoms with Crippen LogP contribution in [0.3, 0.4) is 0 Å². The lowest BCUT2D eigenvalue weighted by molar-refractivity contribution is -0.196. The van der Waals surface area contributed by atoms with E-state index in [-0.39, 0.29) is 37.9 Å². The van der Waals surface area contributed by atoms with Crippen LogP contribution >= 0.6 is 11.6 Å². The number of carbonyl (C=O) groups excluding carboxylic acids is 1. The Morgan fingerprint density at radius 2 is 1.75 bits per heavy atom. The van der Waals surface area contributed by atoms with Crippen LogP contribution in [-0.4, -0.2) is 34.8 Å². The molecule has 0 saturated heterocycles. The summed E-state index contributed by atoms with van der Waals surface area (Å²) in [4.78, 5) is 21.6. The first-order valence-electron chi connectivity index (χ1n) is 9.43. The Morgan fingerprint density at radius 1 is 1.09 bits per heavy atom. The number of aromatic nitrogens is 2. The molecule has 1 amide bonds. The molecule has 3 rings (SSSR count). The molecule has 0 atom stereocenters. The third kappa shape index (κ3) is 6.52. The maximum atomic E-state index is 12.6. The Balaban J connectivity index is 1.69. The van der Waals surface area contributed by atoms with Gasteiger partial charge in [-0.2, -0.15) is 18.2 Å². The number of amides is 1. The number of methoxy groups -OCH3 is 1. The van der Waals surface area contributed by atoms with Crippen molar-refractivity contribution in [1.82, 2.24) is 15.2 Å². The molecule has 0 spiro atoms. The van der Waals surface area contributed by atoms with Gasteiger partial charge in [0, 0.05) is 17.7 Å². The topological polar surface area (TPSA) is 77.7 Å². The van der Waals surface area contributed by atoms with E-state index in [4.69, 9.17) is 21.2 Å². The highest BCUT2D eigenvalue weighted by Gasteiger charge is 2.38. The number of rotatable bonds is 9. The van der Waals surface area contributed by atoms with Gasteiger partial charge >= 0.3 is 12.1 Å². The van der Waals surface area contributed by atoms with Crippen molar-refractivity contribution in [2.45, 2.75) is 25.7 Å². The maximum Gasteiger partial charge on any atom is 0.471 e. The van der Waals surface area contributed by atoms with Gasteiger partial charge in [-0.3, -0.25) is 9.63 Å². The van der Waals surface area contributed by atoms with Crippen LogP contribution in [0.15, 0.2) is 53.1 Å². The number of halogens is 4. The molecule has 0 aliphatic rings. The zero-order valence-electron chi connectivity index (χ0n) is 16.9. The van der Waals surface area contributed by atoms with Crippen molar-refractivity contribution in [2.24, 2.45) is 0 Å². The van der Waals surface area contributed by atoms with Crippen LogP contribution in [0.4, 0.5) is 13.2 Å². The predicted octanol–water partition coefficient (Wildman–Crippen LogP) is 4.91. The fourth-order valence-electron chi connectivity index (χ4n) is 2.63. The van der Waals surface area contributed by atoms with Crippen LogP contribution in [0.2, 0.25) is 5.02 Å². The van der Waals surface area contributed by atoms with Gasteiger partial charge in [-0.15, -0.1) is 0 Å². The first-order chi connectivity index (χ1) is 15.3. The lowest BCUT2D eigenvalue weighted by atomic mass is 10.1. The van der Waals surface area contributed by atoms with Crippen molar-refractivity contribution in [1.29, 1.82) is 0 Å². The molecular weight excluding hydrogens is 451 g/mol. The van der Waals surface area contributed by atoms with Crippen LogP contribution in [0, 0.1) is 0 Å². The summed E-state index contributed by atoms with van der Waals surface area (Å²) < 4.78 is 47.1. The molecule has 0 bridgehead atoms. The first kappa shape index (κ1) is 23.7. The monoisotopic (exact) mass is 469 g/mol. The Hall–Kier alpha value is -2.95. The number of carbonyl (C=O) groups is 1. The molecule has 32 heavy (non-hydrogen) atoms. The average Bonchev–Trinajstić information content (AvgIpc) is 3.27. The minimum absolute atomic E-state index is 0.121. The number of benzene rings is 2. The smallest absolute Gasteiger partial charge is 0.384 e. The summed E-state index contributed by atoms with van der Waals surface area (Å²) in [6, 6.07) is 13.4. The molecule has 11 heteroatoms. The SMILES string of the molecule is COCCC(=O)N(Cc1ccc(-c2noc(C(F)(F)F)n2)cc1)OCc1ccc(Cl)cc1. The Labute approximate surface area is 186 Å². The summed E-state index contributed by atoms with van der Waals surface area (Å²) >= 11 is 5.88. The molecule has 170 valence electrons. The second-order valence-electron chi connectivity index (χ2n) is 6.69. The number of hydroxylamine groups is 2. The summed E-state index contributed by atoms with van der Waals surface area (Å²) in [6.45, 7) is 0.505. The van der Waals surface area contributed by atoms with E-state index < -0.39 is 12.1 Å². The van der Waals surface area contributed by atoms with Crippen molar-refractivity contribution >= 4 is 17.5 Å². The lowest BCUT2D eigenvalue weighted by Crippen LogP contribution is -2.31. The quantitative estimate of drug-likeness (QED) is 0.415. The summed E-state index contributed by atoms with van der Waals surface area (Å²) in [5.74, 6) is -1.88. The zero-order valence-corrected chi connectivity index (χ0v) is 17.7. The van der Waals surface area contributed by atoms with Gasteiger partial charge < -0.3 is 9.26 Å². The molecule has 0 radical (unpaired) electrons. The van der Waals surface area contributed by atoms with Gasteiger partial charge in [0.25, 0.3) is 0 Å². The van der Waals surface area contributed by atoms with E-state index in [0.29, 0.717) is 16.1 Å². The summed E-state index contributed by atoms with van der Waals surface area (Å²) in [6.07, 6.45) is -4.59. The maximum absolute atomic E-state index is 12.6. The van der Waals surface area contributed by atoms with Crippen molar-refractivity contribution in [3.63, 3.8) is 0 Å². The minimum Gasteiger partial charge on any atom is -0.384 e. The number of alkyl halides is 3. The molecule has 0 saturated carbocycles. The normalized spacial score (nSPS) is 11.5.